The normalized spacial score (nSPS) is 26.1. The lowest BCUT2D eigenvalue weighted by molar-refractivity contribution is -0.148. The van der Waals surface area contributed by atoms with Gasteiger partial charge in [-0.25, -0.2) is 4.98 Å². The quantitative estimate of drug-likeness (QED) is 0.866. The van der Waals surface area contributed by atoms with Gasteiger partial charge in [-0.2, -0.15) is 0 Å². The molecular formula is C12H13BrN2O4. The van der Waals surface area contributed by atoms with Gasteiger partial charge in [0.2, 0.25) is 0 Å². The molecule has 0 bridgehead atoms. The van der Waals surface area contributed by atoms with Crippen molar-refractivity contribution in [2.45, 2.75) is 13.0 Å². The van der Waals surface area contributed by atoms with Crippen molar-refractivity contribution in [3.8, 4) is 0 Å². The minimum Gasteiger partial charge on any atom is -0.481 e. The predicted molar refractivity (Wildman–Crippen MR) is 69.8 cm³/mol. The lowest BCUT2D eigenvalue weighted by Crippen LogP contribution is -2.49. The van der Waals surface area contributed by atoms with E-state index < -0.39 is 23.3 Å². The van der Waals surface area contributed by atoms with Gasteiger partial charge in [0.15, 0.2) is 0 Å². The molecule has 7 heteroatoms. The van der Waals surface area contributed by atoms with Crippen molar-refractivity contribution in [3.63, 3.8) is 0 Å². The van der Waals surface area contributed by atoms with Gasteiger partial charge >= 0.3 is 5.97 Å². The van der Waals surface area contributed by atoms with Gasteiger partial charge < -0.3 is 15.2 Å². The number of carboxylic acids is 1. The zero-order valence-electron chi connectivity index (χ0n) is 10.2. The van der Waals surface area contributed by atoms with E-state index in [0.717, 1.165) is 0 Å². The number of aromatic nitrogens is 1. The Balaban J connectivity index is 2.16. The van der Waals surface area contributed by atoms with Crippen LogP contribution in [-0.2, 0) is 9.53 Å². The molecule has 1 fully saturated rings. The molecule has 2 atom stereocenters. The lowest BCUT2D eigenvalue weighted by atomic mass is 9.85. The van der Waals surface area contributed by atoms with E-state index in [4.69, 9.17) is 4.74 Å². The first-order chi connectivity index (χ1) is 8.95. The van der Waals surface area contributed by atoms with Gasteiger partial charge in [-0.05, 0) is 35.0 Å². The molecule has 1 amide bonds. The summed E-state index contributed by atoms with van der Waals surface area (Å²) in [6.45, 7) is 1.82. The molecule has 0 aromatic carbocycles. The number of halogens is 1. The summed E-state index contributed by atoms with van der Waals surface area (Å²) >= 11 is 3.23. The van der Waals surface area contributed by atoms with Crippen LogP contribution in [-0.4, -0.2) is 41.2 Å². The molecule has 102 valence electrons. The topological polar surface area (TPSA) is 88.5 Å². The van der Waals surface area contributed by atoms with E-state index >= 15 is 0 Å². The Morgan fingerprint density at radius 1 is 1.63 bits per heavy atom. The molecule has 19 heavy (non-hydrogen) atoms. The third-order valence-electron chi connectivity index (χ3n) is 3.22. The highest BCUT2D eigenvalue weighted by Gasteiger charge is 2.47. The number of carboxylic acid groups (broad SMARTS) is 1. The first kappa shape index (κ1) is 14.0. The number of carbonyl (C=O) groups excluding carboxylic acids is 1. The Hall–Kier alpha value is -1.47. The fourth-order valence-corrected chi connectivity index (χ4v) is 2.30. The maximum atomic E-state index is 12.1. The summed E-state index contributed by atoms with van der Waals surface area (Å²) in [5, 5.41) is 11.9. The SMILES string of the molecule is CC1(C(=O)O)COCC1NC(=O)c1ncccc1Br. The maximum absolute atomic E-state index is 12.1. The number of hydrogen-bond acceptors (Lipinski definition) is 4. The second-order valence-electron chi connectivity index (χ2n) is 4.60. The maximum Gasteiger partial charge on any atom is 0.313 e. The monoisotopic (exact) mass is 328 g/mol. The van der Waals surface area contributed by atoms with Crippen molar-refractivity contribution in [2.75, 3.05) is 13.2 Å². The Kier molecular flexibility index (Phi) is 3.86. The van der Waals surface area contributed by atoms with Crippen molar-refractivity contribution in [1.82, 2.24) is 10.3 Å². The molecule has 0 aliphatic carbocycles. The predicted octanol–water partition coefficient (Wildman–Crippen LogP) is 1.06. The first-order valence-electron chi connectivity index (χ1n) is 5.67. The first-order valence-corrected chi connectivity index (χ1v) is 6.47. The van der Waals surface area contributed by atoms with Gasteiger partial charge in [0.25, 0.3) is 5.91 Å². The highest BCUT2D eigenvalue weighted by Crippen LogP contribution is 2.29. The number of pyridine rings is 1. The zero-order chi connectivity index (χ0) is 14.0. The van der Waals surface area contributed by atoms with E-state index in [2.05, 4.69) is 26.2 Å². The number of nitrogens with one attached hydrogen (secondary N) is 1. The number of ether oxygens (including phenoxy) is 1. The molecule has 1 aliphatic rings. The third kappa shape index (κ3) is 2.62. The number of amides is 1. The van der Waals surface area contributed by atoms with Crippen LogP contribution in [0.15, 0.2) is 22.8 Å². The van der Waals surface area contributed by atoms with Crippen molar-refractivity contribution >= 4 is 27.8 Å². The summed E-state index contributed by atoms with van der Waals surface area (Å²) in [5.74, 6) is -1.41. The standard InChI is InChI=1S/C12H13BrN2O4/c1-12(11(17)18)6-19-5-8(12)15-10(16)9-7(13)3-2-4-14-9/h2-4,8H,5-6H2,1H3,(H,15,16)(H,17,18). The second kappa shape index (κ2) is 5.26. The molecule has 1 saturated heterocycles. The van der Waals surface area contributed by atoms with E-state index in [1.807, 2.05) is 0 Å². The number of nitrogens with zero attached hydrogens (tertiary/aromatic N) is 1. The minimum absolute atomic E-state index is 0.0800. The smallest absolute Gasteiger partial charge is 0.313 e. The summed E-state index contributed by atoms with van der Waals surface area (Å²) in [5.41, 5.74) is -0.890. The Labute approximate surface area is 118 Å². The minimum atomic E-state index is -1.11. The summed E-state index contributed by atoms with van der Waals surface area (Å²) in [4.78, 5) is 27.3. The van der Waals surface area contributed by atoms with Crippen LogP contribution in [0.2, 0.25) is 0 Å². The number of rotatable bonds is 3. The average Bonchev–Trinajstić information content (AvgIpc) is 2.73. The van der Waals surface area contributed by atoms with Crippen molar-refractivity contribution < 1.29 is 19.4 Å². The molecule has 2 N–H and O–H groups in total. The largest absolute Gasteiger partial charge is 0.481 e. The van der Waals surface area contributed by atoms with Crippen molar-refractivity contribution in [1.29, 1.82) is 0 Å². The summed E-state index contributed by atoms with van der Waals surface area (Å²) < 4.78 is 5.73. The summed E-state index contributed by atoms with van der Waals surface area (Å²) in [6, 6.07) is 2.82. The molecule has 0 saturated carbocycles. The summed E-state index contributed by atoms with van der Waals surface area (Å²) in [7, 11) is 0. The number of carbonyl (C=O) groups is 2. The zero-order valence-corrected chi connectivity index (χ0v) is 11.8. The van der Waals surface area contributed by atoms with Crippen LogP contribution in [0.3, 0.4) is 0 Å². The van der Waals surface area contributed by atoms with Crippen molar-refractivity contribution in [2.24, 2.45) is 5.41 Å². The van der Waals surface area contributed by atoms with Gasteiger partial charge in [0.05, 0.1) is 19.3 Å². The van der Waals surface area contributed by atoms with Crippen LogP contribution in [0, 0.1) is 5.41 Å². The van der Waals surface area contributed by atoms with E-state index in [1.54, 1.807) is 19.1 Å². The number of hydrogen-bond donors (Lipinski definition) is 2. The summed E-state index contributed by atoms with van der Waals surface area (Å²) in [6.07, 6.45) is 1.50. The van der Waals surface area contributed by atoms with Gasteiger partial charge in [-0.1, -0.05) is 0 Å². The third-order valence-corrected chi connectivity index (χ3v) is 3.86. The van der Waals surface area contributed by atoms with Gasteiger partial charge in [0.1, 0.15) is 11.1 Å². The van der Waals surface area contributed by atoms with Crippen LogP contribution < -0.4 is 5.32 Å². The molecule has 0 radical (unpaired) electrons. The van der Waals surface area contributed by atoms with E-state index in [9.17, 15) is 14.7 Å². The highest BCUT2D eigenvalue weighted by atomic mass is 79.9. The fraction of sp³-hybridized carbons (Fsp3) is 0.417. The van der Waals surface area contributed by atoms with Gasteiger partial charge in [-0.15, -0.1) is 0 Å². The lowest BCUT2D eigenvalue weighted by Gasteiger charge is -2.25. The van der Waals surface area contributed by atoms with Gasteiger partial charge in [0, 0.05) is 10.7 Å². The van der Waals surface area contributed by atoms with Crippen LogP contribution in [0.25, 0.3) is 0 Å². The van der Waals surface area contributed by atoms with Crippen LogP contribution in [0.4, 0.5) is 0 Å². The Bertz CT molecular complexity index is 522. The van der Waals surface area contributed by atoms with E-state index in [0.29, 0.717) is 4.47 Å². The van der Waals surface area contributed by atoms with Crippen LogP contribution >= 0.6 is 15.9 Å². The Morgan fingerprint density at radius 3 is 3.00 bits per heavy atom. The Morgan fingerprint density at radius 2 is 2.37 bits per heavy atom. The molecule has 0 spiro atoms. The number of aliphatic carboxylic acids is 1. The van der Waals surface area contributed by atoms with Crippen molar-refractivity contribution in [3.05, 3.63) is 28.5 Å². The van der Waals surface area contributed by atoms with E-state index in [-0.39, 0.29) is 18.9 Å². The molecule has 2 heterocycles. The molecule has 1 aromatic heterocycles. The molecular weight excluding hydrogens is 316 g/mol. The highest BCUT2D eigenvalue weighted by molar-refractivity contribution is 9.10. The fourth-order valence-electron chi connectivity index (χ4n) is 1.86. The molecule has 2 rings (SSSR count). The molecule has 2 unspecified atom stereocenters. The van der Waals surface area contributed by atoms with Crippen LogP contribution in [0.5, 0.6) is 0 Å². The second-order valence-corrected chi connectivity index (χ2v) is 5.45. The van der Waals surface area contributed by atoms with Crippen LogP contribution in [0.1, 0.15) is 17.4 Å². The van der Waals surface area contributed by atoms with E-state index in [1.165, 1.54) is 6.20 Å². The molecule has 1 aromatic rings. The average molecular weight is 329 g/mol. The van der Waals surface area contributed by atoms with Gasteiger partial charge in [-0.3, -0.25) is 9.59 Å². The molecule has 6 nitrogen and oxygen atoms in total. The molecule has 1 aliphatic heterocycles.